The van der Waals surface area contributed by atoms with Gasteiger partial charge in [0.2, 0.25) is 0 Å². The minimum absolute atomic E-state index is 0.00209. The first kappa shape index (κ1) is 21.0. The smallest absolute Gasteiger partial charge is 0.270 e. The van der Waals surface area contributed by atoms with Gasteiger partial charge in [0.05, 0.1) is 16.8 Å². The fourth-order valence-electron chi connectivity index (χ4n) is 2.68. The molecule has 0 unspecified atom stereocenters. The van der Waals surface area contributed by atoms with Crippen LogP contribution in [0.4, 0.5) is 10.1 Å². The molecule has 1 aliphatic rings. The van der Waals surface area contributed by atoms with Gasteiger partial charge >= 0.3 is 0 Å². The number of carbonyl (C=O) groups is 2. The van der Waals surface area contributed by atoms with Gasteiger partial charge in [0, 0.05) is 0 Å². The molecular formula is C21H18ClFN2O3S. The molecule has 1 saturated heterocycles. The Labute approximate surface area is 178 Å². The van der Waals surface area contributed by atoms with Crippen LogP contribution in [0.5, 0.6) is 5.75 Å². The minimum atomic E-state index is -0.722. The van der Waals surface area contributed by atoms with Crippen LogP contribution in [0.3, 0.4) is 0 Å². The number of hydrogen-bond acceptors (Lipinski definition) is 4. The Balaban J connectivity index is 1.95. The van der Waals surface area contributed by atoms with E-state index in [4.69, 9.17) is 28.6 Å². The Morgan fingerprint density at radius 2 is 2.00 bits per heavy atom. The van der Waals surface area contributed by atoms with E-state index >= 15 is 0 Å². The zero-order valence-corrected chi connectivity index (χ0v) is 17.3. The number of amides is 2. The summed E-state index contributed by atoms with van der Waals surface area (Å²) in [6.45, 7) is 3.92. The number of para-hydroxylation sites is 1. The first-order chi connectivity index (χ1) is 13.8. The van der Waals surface area contributed by atoms with Gasteiger partial charge in [0.15, 0.2) is 5.11 Å². The molecule has 2 aromatic rings. The number of hydrogen-bond donors (Lipinski definition) is 1. The van der Waals surface area contributed by atoms with Crippen molar-refractivity contribution in [2.75, 3.05) is 4.90 Å². The van der Waals surface area contributed by atoms with Crippen LogP contribution in [0.1, 0.15) is 25.8 Å². The lowest BCUT2D eigenvalue weighted by Gasteiger charge is -2.29. The van der Waals surface area contributed by atoms with Gasteiger partial charge in [-0.05, 0) is 61.5 Å². The van der Waals surface area contributed by atoms with E-state index in [-0.39, 0.29) is 22.5 Å². The maximum atomic E-state index is 14.2. The monoisotopic (exact) mass is 432 g/mol. The summed E-state index contributed by atoms with van der Waals surface area (Å²) in [5, 5.41) is 2.59. The molecule has 0 aromatic heterocycles. The molecule has 150 valence electrons. The molecule has 0 bridgehead atoms. The topological polar surface area (TPSA) is 58.6 Å². The van der Waals surface area contributed by atoms with Crippen molar-refractivity contribution in [3.8, 4) is 5.75 Å². The fourth-order valence-corrected chi connectivity index (χ4v) is 3.19. The van der Waals surface area contributed by atoms with E-state index in [0.29, 0.717) is 16.3 Å². The summed E-state index contributed by atoms with van der Waals surface area (Å²) in [5.41, 5.74) is 0.295. The van der Waals surface area contributed by atoms with E-state index in [1.54, 1.807) is 24.3 Å². The van der Waals surface area contributed by atoms with Crippen LogP contribution >= 0.6 is 23.8 Å². The Hall–Kier alpha value is -2.77. The van der Waals surface area contributed by atoms with Gasteiger partial charge in [0.25, 0.3) is 11.8 Å². The SMILES string of the molecule is CC[C@@H](C)Oc1ccc(/C=C2/C(=O)NC(=S)N(c3ccccc3F)C2=O)cc1Cl. The number of halogens is 2. The maximum absolute atomic E-state index is 14.2. The molecule has 3 rings (SSSR count). The lowest BCUT2D eigenvalue weighted by Crippen LogP contribution is -2.54. The number of thiocarbonyl (C=S) groups is 1. The number of carbonyl (C=O) groups excluding carboxylic acids is 2. The summed E-state index contributed by atoms with van der Waals surface area (Å²) in [7, 11) is 0. The summed E-state index contributed by atoms with van der Waals surface area (Å²) in [6, 6.07) is 10.6. The van der Waals surface area contributed by atoms with Gasteiger partial charge in [-0.25, -0.2) is 9.29 Å². The zero-order chi connectivity index (χ0) is 21.1. The second-order valence-corrected chi connectivity index (χ2v) is 7.23. The molecule has 5 nitrogen and oxygen atoms in total. The lowest BCUT2D eigenvalue weighted by atomic mass is 10.1. The van der Waals surface area contributed by atoms with Crippen LogP contribution in [0.2, 0.25) is 5.02 Å². The van der Waals surface area contributed by atoms with Crippen molar-refractivity contribution in [1.82, 2.24) is 5.32 Å². The van der Waals surface area contributed by atoms with Gasteiger partial charge in [-0.3, -0.25) is 14.9 Å². The van der Waals surface area contributed by atoms with Crippen molar-refractivity contribution in [3.05, 3.63) is 64.4 Å². The predicted molar refractivity (Wildman–Crippen MR) is 114 cm³/mol. The highest BCUT2D eigenvalue weighted by atomic mass is 35.5. The van der Waals surface area contributed by atoms with Gasteiger partial charge < -0.3 is 4.74 Å². The fraction of sp³-hybridized carbons (Fsp3) is 0.190. The highest BCUT2D eigenvalue weighted by Gasteiger charge is 2.35. The van der Waals surface area contributed by atoms with Crippen LogP contribution in [-0.2, 0) is 9.59 Å². The van der Waals surface area contributed by atoms with Crippen molar-refractivity contribution in [2.24, 2.45) is 0 Å². The number of rotatable bonds is 5. The highest BCUT2D eigenvalue weighted by Crippen LogP contribution is 2.29. The second kappa shape index (κ2) is 8.71. The first-order valence-electron chi connectivity index (χ1n) is 8.94. The van der Waals surface area contributed by atoms with Crippen molar-refractivity contribution in [1.29, 1.82) is 0 Å². The number of anilines is 1. The molecule has 0 aliphatic carbocycles. The summed E-state index contributed by atoms with van der Waals surface area (Å²) in [4.78, 5) is 26.2. The molecular weight excluding hydrogens is 415 g/mol. The third-order valence-corrected chi connectivity index (χ3v) is 4.95. The summed E-state index contributed by atoms with van der Waals surface area (Å²) < 4.78 is 19.9. The van der Waals surface area contributed by atoms with Crippen molar-refractivity contribution >= 4 is 52.5 Å². The lowest BCUT2D eigenvalue weighted by molar-refractivity contribution is -0.122. The quantitative estimate of drug-likeness (QED) is 0.429. The summed E-state index contributed by atoms with van der Waals surface area (Å²) >= 11 is 11.3. The van der Waals surface area contributed by atoms with Crippen LogP contribution in [-0.4, -0.2) is 23.0 Å². The molecule has 0 spiro atoms. The standard InChI is InChI=1S/C21H18ClFN2O3S/c1-3-12(2)28-18-9-8-13(11-15(18)22)10-14-19(26)24-21(29)25(20(14)27)17-7-5-4-6-16(17)23/h4-12H,3H2,1-2H3,(H,24,26,29)/b14-10-/t12-/m1/s1. The molecule has 29 heavy (non-hydrogen) atoms. The molecule has 1 fully saturated rings. The molecule has 0 radical (unpaired) electrons. The van der Waals surface area contributed by atoms with E-state index in [1.807, 2.05) is 13.8 Å². The predicted octanol–water partition coefficient (Wildman–Crippen LogP) is 4.49. The van der Waals surface area contributed by atoms with E-state index in [2.05, 4.69) is 5.32 Å². The molecule has 2 amide bonds. The molecule has 1 N–H and O–H groups in total. The van der Waals surface area contributed by atoms with Crippen molar-refractivity contribution in [3.63, 3.8) is 0 Å². The van der Waals surface area contributed by atoms with Gasteiger partial charge in [-0.1, -0.05) is 36.7 Å². The number of ether oxygens (including phenoxy) is 1. The van der Waals surface area contributed by atoms with Gasteiger partial charge in [0.1, 0.15) is 17.1 Å². The Morgan fingerprint density at radius 3 is 2.66 bits per heavy atom. The maximum Gasteiger partial charge on any atom is 0.270 e. The third kappa shape index (κ3) is 4.46. The highest BCUT2D eigenvalue weighted by molar-refractivity contribution is 7.80. The first-order valence-corrected chi connectivity index (χ1v) is 9.72. The average Bonchev–Trinajstić information content (AvgIpc) is 2.68. The van der Waals surface area contributed by atoms with Gasteiger partial charge in [-0.15, -0.1) is 0 Å². The zero-order valence-electron chi connectivity index (χ0n) is 15.7. The third-order valence-electron chi connectivity index (χ3n) is 4.37. The number of nitrogens with one attached hydrogen (secondary N) is 1. The van der Waals surface area contributed by atoms with Crippen LogP contribution < -0.4 is 15.0 Å². The number of nitrogens with zero attached hydrogens (tertiary/aromatic N) is 1. The van der Waals surface area contributed by atoms with E-state index in [0.717, 1.165) is 11.3 Å². The molecule has 8 heteroatoms. The molecule has 1 aliphatic heterocycles. The van der Waals surface area contributed by atoms with Crippen LogP contribution in [0, 0.1) is 5.82 Å². The summed E-state index contributed by atoms with van der Waals surface area (Å²) in [5.74, 6) is -1.51. The van der Waals surface area contributed by atoms with Crippen molar-refractivity contribution in [2.45, 2.75) is 26.4 Å². The Bertz CT molecular complexity index is 1020. The molecule has 1 atom stereocenters. The van der Waals surface area contributed by atoms with E-state index < -0.39 is 17.6 Å². The van der Waals surface area contributed by atoms with Gasteiger partial charge in [-0.2, -0.15) is 0 Å². The molecule has 1 heterocycles. The summed E-state index contributed by atoms with van der Waals surface area (Å²) in [6.07, 6.45) is 2.20. The largest absolute Gasteiger partial charge is 0.489 e. The van der Waals surface area contributed by atoms with E-state index in [9.17, 15) is 14.0 Å². The van der Waals surface area contributed by atoms with Crippen molar-refractivity contribution < 1.29 is 18.7 Å². The molecule has 0 saturated carbocycles. The van der Waals surface area contributed by atoms with Crippen LogP contribution in [0.25, 0.3) is 6.08 Å². The van der Waals surface area contributed by atoms with Crippen LogP contribution in [0.15, 0.2) is 48.0 Å². The minimum Gasteiger partial charge on any atom is -0.489 e. The Morgan fingerprint density at radius 1 is 1.28 bits per heavy atom. The average molecular weight is 433 g/mol. The normalized spacial score (nSPS) is 16.8. The number of benzene rings is 2. The molecule has 2 aromatic carbocycles. The Kier molecular flexibility index (Phi) is 6.30. The second-order valence-electron chi connectivity index (χ2n) is 6.44. The van der Waals surface area contributed by atoms with E-state index in [1.165, 1.54) is 24.3 Å².